The molecule has 1 unspecified atom stereocenters. The first kappa shape index (κ1) is 19.3. The van der Waals surface area contributed by atoms with Crippen LogP contribution in [0, 0.1) is 17.0 Å². The van der Waals surface area contributed by atoms with Crippen LogP contribution in [0.3, 0.4) is 0 Å². The Balaban J connectivity index is 1.64. The molecule has 0 aliphatic rings. The van der Waals surface area contributed by atoms with Gasteiger partial charge in [0.2, 0.25) is 0 Å². The van der Waals surface area contributed by atoms with E-state index in [9.17, 15) is 14.9 Å². The third-order valence-corrected chi connectivity index (χ3v) is 4.65. The molecule has 3 rings (SSSR count). The Morgan fingerprint density at radius 1 is 1.25 bits per heavy atom. The zero-order valence-corrected chi connectivity index (χ0v) is 16.0. The van der Waals surface area contributed by atoms with Gasteiger partial charge >= 0.3 is 5.69 Å². The van der Waals surface area contributed by atoms with Crippen LogP contribution in [0.5, 0.6) is 0 Å². The summed E-state index contributed by atoms with van der Waals surface area (Å²) in [5.74, 6) is -0.169. The minimum atomic E-state index is -0.482. The number of benzene rings is 1. The third kappa shape index (κ3) is 4.08. The Bertz CT molecular complexity index is 990. The fourth-order valence-corrected chi connectivity index (χ4v) is 3.04. The Morgan fingerprint density at radius 3 is 2.54 bits per heavy atom. The number of carbonyl (C=O) groups is 1. The quantitative estimate of drug-likeness (QED) is 0.499. The van der Waals surface area contributed by atoms with E-state index in [4.69, 9.17) is 0 Å². The Hall–Kier alpha value is -3.49. The van der Waals surface area contributed by atoms with E-state index in [1.807, 2.05) is 37.6 Å². The maximum Gasteiger partial charge on any atom is 0.307 e. The van der Waals surface area contributed by atoms with Gasteiger partial charge in [-0.05, 0) is 38.5 Å². The molecule has 1 amide bonds. The van der Waals surface area contributed by atoms with Gasteiger partial charge in [-0.2, -0.15) is 10.2 Å². The van der Waals surface area contributed by atoms with Crippen molar-refractivity contribution in [1.82, 2.24) is 24.9 Å². The van der Waals surface area contributed by atoms with E-state index in [-0.39, 0.29) is 17.6 Å². The molecular weight excluding hydrogens is 360 g/mol. The van der Waals surface area contributed by atoms with Crippen LogP contribution in [0.15, 0.2) is 42.9 Å². The monoisotopic (exact) mass is 382 g/mol. The van der Waals surface area contributed by atoms with Crippen molar-refractivity contribution in [3.05, 3.63) is 75.4 Å². The molecule has 2 heterocycles. The number of hydrogen-bond donors (Lipinski definition) is 1. The average Bonchev–Trinajstić information content (AvgIpc) is 3.28. The lowest BCUT2D eigenvalue weighted by molar-refractivity contribution is -0.385. The second kappa shape index (κ2) is 8.03. The highest BCUT2D eigenvalue weighted by atomic mass is 16.6. The van der Waals surface area contributed by atoms with Crippen molar-refractivity contribution in [3.8, 4) is 0 Å². The van der Waals surface area contributed by atoms with Crippen LogP contribution in [-0.4, -0.2) is 30.4 Å². The second-order valence-electron chi connectivity index (χ2n) is 6.55. The van der Waals surface area contributed by atoms with Crippen molar-refractivity contribution in [3.63, 3.8) is 0 Å². The maximum absolute atomic E-state index is 12.5. The van der Waals surface area contributed by atoms with Crippen LogP contribution < -0.4 is 5.32 Å². The number of nitro groups is 1. The van der Waals surface area contributed by atoms with Crippen molar-refractivity contribution in [1.29, 1.82) is 0 Å². The van der Waals surface area contributed by atoms with Crippen molar-refractivity contribution >= 4 is 11.6 Å². The molecule has 0 fully saturated rings. The van der Waals surface area contributed by atoms with Gasteiger partial charge in [0.1, 0.15) is 12.4 Å². The molecule has 0 spiro atoms. The summed E-state index contributed by atoms with van der Waals surface area (Å²) in [6.07, 6.45) is 4.38. The summed E-state index contributed by atoms with van der Waals surface area (Å²) in [5.41, 5.74) is 3.42. The number of nitrogens with one attached hydrogen (secondary N) is 1. The van der Waals surface area contributed by atoms with Gasteiger partial charge in [0, 0.05) is 23.4 Å². The molecule has 0 aliphatic carbocycles. The number of rotatable bonds is 7. The highest BCUT2D eigenvalue weighted by molar-refractivity contribution is 5.94. The predicted molar refractivity (Wildman–Crippen MR) is 103 cm³/mol. The topological polar surface area (TPSA) is 108 Å². The molecule has 3 aromatic rings. The van der Waals surface area contributed by atoms with Crippen LogP contribution in [-0.2, 0) is 13.1 Å². The molecule has 0 radical (unpaired) electrons. The van der Waals surface area contributed by atoms with Crippen molar-refractivity contribution in [2.24, 2.45) is 0 Å². The highest BCUT2D eigenvalue weighted by Gasteiger charge is 2.16. The molecule has 0 bridgehead atoms. The molecule has 2 aromatic heterocycles. The van der Waals surface area contributed by atoms with Crippen LogP contribution in [0.1, 0.15) is 47.1 Å². The van der Waals surface area contributed by atoms with E-state index in [2.05, 4.69) is 15.5 Å². The van der Waals surface area contributed by atoms with E-state index in [1.54, 1.807) is 18.3 Å². The summed E-state index contributed by atoms with van der Waals surface area (Å²) in [5, 5.41) is 22.0. The summed E-state index contributed by atoms with van der Waals surface area (Å²) >= 11 is 0. The zero-order valence-electron chi connectivity index (χ0n) is 16.0. The summed E-state index contributed by atoms with van der Waals surface area (Å²) in [6, 6.07) is 6.94. The number of amides is 1. The largest absolute Gasteiger partial charge is 0.345 e. The second-order valence-corrected chi connectivity index (χ2v) is 6.55. The van der Waals surface area contributed by atoms with Gasteiger partial charge in [0.05, 0.1) is 23.7 Å². The SMILES string of the molecule is CCn1ncc(C(C)NC(=O)c2ccc(Cn3cc([N+](=O)[O-])cn3)cc2)c1C. The summed E-state index contributed by atoms with van der Waals surface area (Å²) in [6.45, 7) is 7.12. The maximum atomic E-state index is 12.5. The van der Waals surface area contributed by atoms with E-state index in [1.165, 1.54) is 17.1 Å². The van der Waals surface area contributed by atoms with Gasteiger partial charge in [-0.25, -0.2) is 0 Å². The lowest BCUT2D eigenvalue weighted by Crippen LogP contribution is -2.27. The fourth-order valence-electron chi connectivity index (χ4n) is 3.04. The molecule has 1 atom stereocenters. The summed E-state index contributed by atoms with van der Waals surface area (Å²) < 4.78 is 3.38. The lowest BCUT2D eigenvalue weighted by Gasteiger charge is -2.14. The number of nitrogens with zero attached hydrogens (tertiary/aromatic N) is 5. The number of carbonyl (C=O) groups excluding carboxylic acids is 1. The van der Waals surface area contributed by atoms with Crippen LogP contribution in [0.2, 0.25) is 0 Å². The first-order valence-electron chi connectivity index (χ1n) is 8.98. The fraction of sp³-hybridized carbons (Fsp3) is 0.316. The van der Waals surface area contributed by atoms with Crippen LogP contribution in [0.4, 0.5) is 5.69 Å². The molecule has 1 aromatic carbocycles. The van der Waals surface area contributed by atoms with Crippen LogP contribution in [0.25, 0.3) is 0 Å². The van der Waals surface area contributed by atoms with E-state index in [0.717, 1.165) is 23.4 Å². The first-order chi connectivity index (χ1) is 13.4. The molecule has 1 N–H and O–H groups in total. The normalized spacial score (nSPS) is 12.0. The number of aryl methyl sites for hydroxylation is 1. The minimum Gasteiger partial charge on any atom is -0.345 e. The van der Waals surface area contributed by atoms with E-state index >= 15 is 0 Å². The average molecular weight is 382 g/mol. The van der Waals surface area contributed by atoms with Gasteiger partial charge in [-0.1, -0.05) is 12.1 Å². The van der Waals surface area contributed by atoms with Gasteiger partial charge in [-0.15, -0.1) is 0 Å². The van der Waals surface area contributed by atoms with E-state index < -0.39 is 4.92 Å². The van der Waals surface area contributed by atoms with E-state index in [0.29, 0.717) is 12.1 Å². The number of aromatic nitrogens is 4. The summed E-state index contributed by atoms with van der Waals surface area (Å²) in [7, 11) is 0. The standard InChI is InChI=1S/C19H22N6O3/c1-4-24-14(3)18(10-21-24)13(2)22-19(26)16-7-5-15(6-8-16)11-23-12-17(9-20-23)25(27)28/h5-10,12-13H,4,11H2,1-3H3,(H,22,26). The van der Waals surface area contributed by atoms with Crippen LogP contribution >= 0.6 is 0 Å². The van der Waals surface area contributed by atoms with Gasteiger partial charge in [-0.3, -0.25) is 24.3 Å². The molecule has 0 aliphatic heterocycles. The van der Waals surface area contributed by atoms with Gasteiger partial charge in [0.15, 0.2) is 0 Å². The van der Waals surface area contributed by atoms with Crippen molar-refractivity contribution in [2.75, 3.05) is 0 Å². The molecule has 9 nitrogen and oxygen atoms in total. The minimum absolute atomic E-state index is 0.0494. The molecule has 146 valence electrons. The molecular formula is C19H22N6O3. The molecule has 28 heavy (non-hydrogen) atoms. The van der Waals surface area contributed by atoms with Gasteiger partial charge < -0.3 is 5.32 Å². The first-order valence-corrected chi connectivity index (χ1v) is 8.98. The highest BCUT2D eigenvalue weighted by Crippen LogP contribution is 2.18. The van der Waals surface area contributed by atoms with Crippen molar-refractivity contribution in [2.45, 2.75) is 39.9 Å². The predicted octanol–water partition coefficient (Wildman–Crippen LogP) is 2.86. The molecule has 0 saturated carbocycles. The Labute approximate surface area is 162 Å². The Kier molecular flexibility index (Phi) is 5.53. The zero-order chi connectivity index (χ0) is 20.3. The summed E-state index contributed by atoms with van der Waals surface area (Å²) in [4.78, 5) is 22.8. The smallest absolute Gasteiger partial charge is 0.307 e. The Morgan fingerprint density at radius 2 is 1.96 bits per heavy atom. The molecule has 0 saturated heterocycles. The molecule has 9 heteroatoms. The van der Waals surface area contributed by atoms with Gasteiger partial charge in [0.25, 0.3) is 5.91 Å². The lowest BCUT2D eigenvalue weighted by atomic mass is 10.1. The third-order valence-electron chi connectivity index (χ3n) is 4.65. The van der Waals surface area contributed by atoms with Crippen molar-refractivity contribution < 1.29 is 9.72 Å². The number of hydrogen-bond acceptors (Lipinski definition) is 5.